The van der Waals surface area contributed by atoms with Gasteiger partial charge in [0.1, 0.15) is 11.4 Å². The van der Waals surface area contributed by atoms with Crippen molar-refractivity contribution < 1.29 is 9.59 Å². The fraction of sp³-hybridized carbons (Fsp3) is 0.533. The van der Waals surface area contributed by atoms with Crippen LogP contribution in [0.4, 0.5) is 0 Å². The van der Waals surface area contributed by atoms with Gasteiger partial charge in [-0.1, -0.05) is 38.7 Å². The summed E-state index contributed by atoms with van der Waals surface area (Å²) in [5.41, 5.74) is 0.636. The summed E-state index contributed by atoms with van der Waals surface area (Å²) in [6.45, 7) is 4.28. The first kappa shape index (κ1) is 15.3. The summed E-state index contributed by atoms with van der Waals surface area (Å²) in [5.74, 6) is -0.340. The van der Waals surface area contributed by atoms with E-state index in [9.17, 15) is 9.59 Å². The molecule has 0 aliphatic heterocycles. The van der Waals surface area contributed by atoms with Crippen LogP contribution < -0.4 is 5.32 Å². The van der Waals surface area contributed by atoms with Gasteiger partial charge in [-0.05, 0) is 18.6 Å². The van der Waals surface area contributed by atoms with Crippen LogP contribution in [0.5, 0.6) is 0 Å². The van der Waals surface area contributed by atoms with E-state index in [1.165, 1.54) is 26.2 Å². The molecule has 0 saturated carbocycles. The Balaban J connectivity index is 2.37. The third kappa shape index (κ3) is 5.64. The van der Waals surface area contributed by atoms with Gasteiger partial charge in [0.25, 0.3) is 5.91 Å². The first-order valence-corrected chi connectivity index (χ1v) is 6.91. The molecule has 4 heteroatoms. The Hall–Kier alpha value is -1.71. The van der Waals surface area contributed by atoms with Crippen molar-refractivity contribution in [2.45, 2.75) is 46.0 Å². The molecule has 0 saturated heterocycles. The zero-order chi connectivity index (χ0) is 14.1. The van der Waals surface area contributed by atoms with Crippen LogP contribution in [0.1, 0.15) is 66.9 Å². The number of amides is 1. The number of hydrogen-bond donors (Lipinski definition) is 1. The highest BCUT2D eigenvalue weighted by molar-refractivity contribution is 5.96. The van der Waals surface area contributed by atoms with E-state index in [4.69, 9.17) is 0 Å². The van der Waals surface area contributed by atoms with E-state index in [-0.39, 0.29) is 11.7 Å². The number of carbonyl (C=O) groups is 2. The molecule has 0 spiro atoms. The highest BCUT2D eigenvalue weighted by Crippen LogP contribution is 2.03. The second-order valence-electron chi connectivity index (χ2n) is 4.63. The Kier molecular flexibility index (Phi) is 6.79. The zero-order valence-electron chi connectivity index (χ0n) is 11.7. The fourth-order valence-electron chi connectivity index (χ4n) is 1.78. The Morgan fingerprint density at radius 3 is 2.47 bits per heavy atom. The molecule has 1 aromatic heterocycles. The SMILES string of the molecule is CCCCCCCNC(=O)c1cccc(C(C)=O)n1. The van der Waals surface area contributed by atoms with Crippen molar-refractivity contribution in [3.63, 3.8) is 0 Å². The van der Waals surface area contributed by atoms with E-state index in [0.717, 1.165) is 12.8 Å². The largest absolute Gasteiger partial charge is 0.351 e. The summed E-state index contributed by atoms with van der Waals surface area (Å²) in [6.07, 6.45) is 5.79. The number of Topliss-reactive ketones (excluding diaryl/α,β-unsaturated/α-hetero) is 1. The summed E-state index contributed by atoms with van der Waals surface area (Å²) in [7, 11) is 0. The minimum absolute atomic E-state index is 0.130. The third-order valence-corrected chi connectivity index (χ3v) is 2.91. The number of pyridine rings is 1. The monoisotopic (exact) mass is 262 g/mol. The Morgan fingerprint density at radius 1 is 1.11 bits per heavy atom. The molecule has 0 radical (unpaired) electrons. The Bertz CT molecular complexity index is 430. The van der Waals surface area contributed by atoms with Crippen LogP contribution in [0.25, 0.3) is 0 Å². The van der Waals surface area contributed by atoms with Crippen molar-refractivity contribution >= 4 is 11.7 Å². The normalized spacial score (nSPS) is 10.2. The minimum Gasteiger partial charge on any atom is -0.351 e. The highest BCUT2D eigenvalue weighted by atomic mass is 16.2. The molecule has 0 fully saturated rings. The average Bonchev–Trinajstić information content (AvgIpc) is 2.42. The number of rotatable bonds is 8. The number of nitrogens with zero attached hydrogens (tertiary/aromatic N) is 1. The number of aromatic nitrogens is 1. The van der Waals surface area contributed by atoms with Gasteiger partial charge in [0, 0.05) is 13.5 Å². The summed E-state index contributed by atoms with van der Waals surface area (Å²) in [4.78, 5) is 27.0. The van der Waals surface area contributed by atoms with Crippen LogP contribution in [-0.2, 0) is 0 Å². The van der Waals surface area contributed by atoms with Gasteiger partial charge < -0.3 is 5.32 Å². The van der Waals surface area contributed by atoms with E-state index >= 15 is 0 Å². The summed E-state index contributed by atoms with van der Waals surface area (Å²) in [6, 6.07) is 4.92. The van der Waals surface area contributed by atoms with Crippen molar-refractivity contribution in [3.8, 4) is 0 Å². The number of nitrogens with one attached hydrogen (secondary N) is 1. The quantitative estimate of drug-likeness (QED) is 0.578. The van der Waals surface area contributed by atoms with Crippen molar-refractivity contribution in [1.29, 1.82) is 0 Å². The standard InChI is InChI=1S/C15H22N2O2/c1-3-4-5-6-7-11-16-15(19)14-10-8-9-13(17-14)12(2)18/h8-10H,3-7,11H2,1-2H3,(H,16,19). The number of hydrogen-bond acceptors (Lipinski definition) is 3. The maximum atomic E-state index is 11.8. The molecule has 1 rings (SSSR count). The number of carbonyl (C=O) groups excluding carboxylic acids is 2. The maximum absolute atomic E-state index is 11.8. The molecule has 104 valence electrons. The smallest absolute Gasteiger partial charge is 0.269 e. The maximum Gasteiger partial charge on any atom is 0.269 e. The van der Waals surface area contributed by atoms with Gasteiger partial charge in [0.2, 0.25) is 0 Å². The molecule has 0 aliphatic carbocycles. The van der Waals surface area contributed by atoms with Crippen molar-refractivity contribution in [1.82, 2.24) is 10.3 Å². The van der Waals surface area contributed by atoms with Crippen LogP contribution in [0.2, 0.25) is 0 Å². The van der Waals surface area contributed by atoms with Gasteiger partial charge in [-0.25, -0.2) is 4.98 Å². The molecule has 0 aromatic carbocycles. The Morgan fingerprint density at radius 2 is 1.79 bits per heavy atom. The molecule has 19 heavy (non-hydrogen) atoms. The van der Waals surface area contributed by atoms with Crippen LogP contribution >= 0.6 is 0 Å². The zero-order valence-corrected chi connectivity index (χ0v) is 11.7. The lowest BCUT2D eigenvalue weighted by molar-refractivity contribution is 0.0947. The summed E-state index contributed by atoms with van der Waals surface area (Å²) in [5, 5.41) is 2.83. The van der Waals surface area contributed by atoms with Gasteiger partial charge in [0.15, 0.2) is 5.78 Å². The molecular weight excluding hydrogens is 240 g/mol. The number of unbranched alkanes of at least 4 members (excludes halogenated alkanes) is 4. The molecule has 1 heterocycles. The molecule has 4 nitrogen and oxygen atoms in total. The van der Waals surface area contributed by atoms with E-state index in [0.29, 0.717) is 17.9 Å². The summed E-state index contributed by atoms with van der Waals surface area (Å²) < 4.78 is 0. The van der Waals surface area contributed by atoms with Gasteiger partial charge >= 0.3 is 0 Å². The molecular formula is C15H22N2O2. The lowest BCUT2D eigenvalue weighted by atomic mass is 10.1. The Labute approximate surface area is 114 Å². The van der Waals surface area contributed by atoms with Crippen LogP contribution in [0.3, 0.4) is 0 Å². The fourth-order valence-corrected chi connectivity index (χ4v) is 1.78. The van der Waals surface area contributed by atoms with Gasteiger partial charge in [-0.2, -0.15) is 0 Å². The van der Waals surface area contributed by atoms with Gasteiger partial charge in [-0.15, -0.1) is 0 Å². The van der Waals surface area contributed by atoms with E-state index in [2.05, 4.69) is 17.2 Å². The lowest BCUT2D eigenvalue weighted by Crippen LogP contribution is -2.25. The molecule has 0 aliphatic rings. The van der Waals surface area contributed by atoms with Gasteiger partial charge in [-0.3, -0.25) is 9.59 Å². The highest BCUT2D eigenvalue weighted by Gasteiger charge is 2.08. The van der Waals surface area contributed by atoms with Crippen LogP contribution in [-0.4, -0.2) is 23.2 Å². The second-order valence-corrected chi connectivity index (χ2v) is 4.63. The van der Waals surface area contributed by atoms with Crippen molar-refractivity contribution in [3.05, 3.63) is 29.6 Å². The van der Waals surface area contributed by atoms with E-state index < -0.39 is 0 Å². The summed E-state index contributed by atoms with van der Waals surface area (Å²) >= 11 is 0. The van der Waals surface area contributed by atoms with E-state index in [1.807, 2.05) is 0 Å². The molecule has 1 amide bonds. The van der Waals surface area contributed by atoms with Crippen molar-refractivity contribution in [2.75, 3.05) is 6.54 Å². The third-order valence-electron chi connectivity index (χ3n) is 2.91. The predicted molar refractivity (Wildman–Crippen MR) is 75.3 cm³/mol. The van der Waals surface area contributed by atoms with Crippen LogP contribution in [0.15, 0.2) is 18.2 Å². The minimum atomic E-state index is -0.210. The number of ketones is 1. The molecule has 0 unspecified atom stereocenters. The topological polar surface area (TPSA) is 59.1 Å². The predicted octanol–water partition coefficient (Wildman–Crippen LogP) is 2.98. The molecule has 1 N–H and O–H groups in total. The van der Waals surface area contributed by atoms with Gasteiger partial charge in [0.05, 0.1) is 0 Å². The molecule has 0 bridgehead atoms. The molecule has 0 atom stereocenters. The molecule has 1 aromatic rings. The van der Waals surface area contributed by atoms with E-state index in [1.54, 1.807) is 18.2 Å². The first-order valence-electron chi connectivity index (χ1n) is 6.91. The lowest BCUT2D eigenvalue weighted by Gasteiger charge is -2.05. The average molecular weight is 262 g/mol. The van der Waals surface area contributed by atoms with Crippen LogP contribution in [0, 0.1) is 0 Å². The first-order chi connectivity index (χ1) is 9.15. The van der Waals surface area contributed by atoms with Crippen molar-refractivity contribution in [2.24, 2.45) is 0 Å². The second kappa shape index (κ2) is 8.40.